The van der Waals surface area contributed by atoms with E-state index in [1.165, 1.54) is 5.57 Å². The van der Waals surface area contributed by atoms with Crippen molar-refractivity contribution in [2.45, 2.75) is 32.1 Å². The van der Waals surface area contributed by atoms with Crippen LogP contribution in [0.4, 0.5) is 0 Å². The van der Waals surface area contributed by atoms with Gasteiger partial charge < -0.3 is 0 Å². The van der Waals surface area contributed by atoms with Gasteiger partial charge >= 0.3 is 0 Å². The molecule has 0 spiro atoms. The zero-order valence-corrected chi connectivity index (χ0v) is 12.7. The second-order valence-corrected chi connectivity index (χ2v) is 5.17. The summed E-state index contributed by atoms with van der Waals surface area (Å²) >= 11 is 0. The smallest absolute Gasteiger partial charge is 0.103 e. The zero-order valence-electron chi connectivity index (χ0n) is 12.7. The molecule has 0 N–H and O–H groups in total. The topological polar surface area (TPSA) is 23.8 Å². The fourth-order valence-electron chi connectivity index (χ4n) is 2.83. The molecule has 0 saturated heterocycles. The normalized spacial score (nSPS) is 14.2. The lowest BCUT2D eigenvalue weighted by Crippen LogP contribution is -2.25. The van der Waals surface area contributed by atoms with Gasteiger partial charge in [-0.25, -0.2) is 0 Å². The molecule has 0 aliphatic rings. The third kappa shape index (κ3) is 3.06. The Morgan fingerprint density at radius 1 is 1.00 bits per heavy atom. The first-order chi connectivity index (χ1) is 10.3. The molecule has 2 rings (SSSR count). The molecule has 0 aromatic heterocycles. The van der Waals surface area contributed by atoms with Gasteiger partial charge in [0.05, 0.1) is 6.07 Å². The molecule has 1 unspecified atom stereocenters. The van der Waals surface area contributed by atoms with Crippen molar-refractivity contribution in [3.63, 3.8) is 0 Å². The third-order valence-corrected chi connectivity index (χ3v) is 4.06. The van der Waals surface area contributed by atoms with Gasteiger partial charge in [0, 0.05) is 0 Å². The van der Waals surface area contributed by atoms with Gasteiger partial charge in [0.1, 0.15) is 5.41 Å². The van der Waals surface area contributed by atoms with Gasteiger partial charge in [-0.1, -0.05) is 80.6 Å². The van der Waals surface area contributed by atoms with E-state index in [9.17, 15) is 5.26 Å². The Bertz CT molecular complexity index is 635. The number of allylic oxidation sites excluding steroid dienone is 1. The van der Waals surface area contributed by atoms with Crippen LogP contribution in [-0.4, -0.2) is 0 Å². The van der Waals surface area contributed by atoms with Gasteiger partial charge in [0.15, 0.2) is 0 Å². The van der Waals surface area contributed by atoms with E-state index in [2.05, 4.69) is 50.3 Å². The minimum atomic E-state index is -0.536. The summed E-state index contributed by atoms with van der Waals surface area (Å²) in [5.74, 6) is 0. The van der Waals surface area contributed by atoms with E-state index in [1.54, 1.807) is 0 Å². The second kappa shape index (κ2) is 6.90. The molecule has 2 aromatic carbocycles. The Balaban J connectivity index is 2.55. The SMILES string of the molecule is CC/C(=C\c1ccccc1)C(C#N)(CC)c1ccccc1. The molecule has 0 bridgehead atoms. The first kappa shape index (κ1) is 15.1. The van der Waals surface area contributed by atoms with Gasteiger partial charge in [-0.3, -0.25) is 0 Å². The lowest BCUT2D eigenvalue weighted by atomic mass is 9.72. The molecule has 0 aliphatic carbocycles. The summed E-state index contributed by atoms with van der Waals surface area (Å²) in [4.78, 5) is 0. The van der Waals surface area contributed by atoms with Crippen molar-refractivity contribution in [3.8, 4) is 6.07 Å². The Morgan fingerprint density at radius 3 is 2.05 bits per heavy atom. The van der Waals surface area contributed by atoms with Crippen LogP contribution in [0.15, 0.2) is 66.2 Å². The van der Waals surface area contributed by atoms with E-state index in [0.29, 0.717) is 0 Å². The van der Waals surface area contributed by atoms with Crippen LogP contribution in [0.5, 0.6) is 0 Å². The summed E-state index contributed by atoms with van der Waals surface area (Å²) < 4.78 is 0. The lowest BCUT2D eigenvalue weighted by molar-refractivity contribution is 0.602. The quantitative estimate of drug-likeness (QED) is 0.721. The number of nitriles is 1. The van der Waals surface area contributed by atoms with Crippen molar-refractivity contribution in [2.75, 3.05) is 0 Å². The zero-order chi connectivity index (χ0) is 15.1. The molecule has 1 nitrogen and oxygen atoms in total. The molecule has 0 heterocycles. The summed E-state index contributed by atoms with van der Waals surface area (Å²) in [5, 5.41) is 9.92. The molecular formula is C20H21N. The molecule has 21 heavy (non-hydrogen) atoms. The Kier molecular flexibility index (Phi) is 4.95. The fraction of sp³-hybridized carbons (Fsp3) is 0.250. The maximum Gasteiger partial charge on any atom is 0.103 e. The molecular weight excluding hydrogens is 254 g/mol. The predicted octanol–water partition coefficient (Wildman–Crippen LogP) is 5.35. The fourth-order valence-corrected chi connectivity index (χ4v) is 2.83. The molecule has 0 amide bonds. The highest BCUT2D eigenvalue weighted by atomic mass is 14.4. The van der Waals surface area contributed by atoms with Crippen molar-refractivity contribution < 1.29 is 0 Å². The molecule has 0 saturated carbocycles. The second-order valence-electron chi connectivity index (χ2n) is 5.17. The van der Waals surface area contributed by atoms with Crippen molar-refractivity contribution >= 4 is 6.08 Å². The monoisotopic (exact) mass is 275 g/mol. The minimum Gasteiger partial charge on any atom is -0.197 e. The first-order valence-electron chi connectivity index (χ1n) is 7.49. The highest BCUT2D eigenvalue weighted by molar-refractivity contribution is 5.59. The Morgan fingerprint density at radius 2 is 1.57 bits per heavy atom. The number of hydrogen-bond acceptors (Lipinski definition) is 1. The van der Waals surface area contributed by atoms with Crippen molar-refractivity contribution in [1.82, 2.24) is 0 Å². The van der Waals surface area contributed by atoms with Crippen LogP contribution in [0.25, 0.3) is 6.08 Å². The van der Waals surface area contributed by atoms with Crippen molar-refractivity contribution in [1.29, 1.82) is 5.26 Å². The predicted molar refractivity (Wildman–Crippen MR) is 88.7 cm³/mol. The van der Waals surface area contributed by atoms with Gasteiger partial charge in [-0.2, -0.15) is 5.26 Å². The van der Waals surface area contributed by atoms with Gasteiger partial charge in [-0.05, 0) is 29.5 Å². The maximum atomic E-state index is 9.92. The number of hydrogen-bond donors (Lipinski definition) is 0. The minimum absolute atomic E-state index is 0.536. The van der Waals surface area contributed by atoms with Crippen LogP contribution in [0, 0.1) is 11.3 Å². The molecule has 0 radical (unpaired) electrons. The van der Waals surface area contributed by atoms with Gasteiger partial charge in [-0.15, -0.1) is 0 Å². The lowest BCUT2D eigenvalue weighted by Gasteiger charge is -2.29. The van der Waals surface area contributed by atoms with Gasteiger partial charge in [0.25, 0.3) is 0 Å². The molecule has 0 fully saturated rings. The average molecular weight is 275 g/mol. The first-order valence-corrected chi connectivity index (χ1v) is 7.49. The molecule has 106 valence electrons. The standard InChI is InChI=1S/C20H21N/c1-3-18(15-17-11-7-5-8-12-17)20(4-2,16-21)19-13-9-6-10-14-19/h5-15H,3-4H2,1-2H3/b18-15+. The number of rotatable bonds is 5. The van der Waals surface area contributed by atoms with E-state index >= 15 is 0 Å². The summed E-state index contributed by atoms with van der Waals surface area (Å²) in [6.45, 7) is 4.21. The molecule has 0 aliphatic heterocycles. The van der Waals surface area contributed by atoms with Crippen LogP contribution in [0.1, 0.15) is 37.8 Å². The molecule has 1 heteroatoms. The highest BCUT2D eigenvalue weighted by Gasteiger charge is 2.33. The summed E-state index contributed by atoms with van der Waals surface area (Å²) in [6.07, 6.45) is 3.81. The van der Waals surface area contributed by atoms with Crippen LogP contribution in [0.2, 0.25) is 0 Å². The van der Waals surface area contributed by atoms with E-state index in [1.807, 2.05) is 36.4 Å². The van der Waals surface area contributed by atoms with E-state index in [0.717, 1.165) is 24.0 Å². The van der Waals surface area contributed by atoms with Crippen LogP contribution in [-0.2, 0) is 5.41 Å². The highest BCUT2D eigenvalue weighted by Crippen LogP contribution is 2.37. The van der Waals surface area contributed by atoms with E-state index < -0.39 is 5.41 Å². The van der Waals surface area contributed by atoms with Crippen LogP contribution < -0.4 is 0 Å². The summed E-state index contributed by atoms with van der Waals surface area (Å²) in [5.41, 5.74) is 2.87. The number of nitrogens with zero attached hydrogens (tertiary/aromatic N) is 1. The van der Waals surface area contributed by atoms with Crippen LogP contribution >= 0.6 is 0 Å². The van der Waals surface area contributed by atoms with Crippen LogP contribution in [0.3, 0.4) is 0 Å². The Labute approximate surface area is 127 Å². The maximum absolute atomic E-state index is 9.92. The molecule has 1 atom stereocenters. The van der Waals surface area contributed by atoms with Crippen molar-refractivity contribution in [2.24, 2.45) is 0 Å². The third-order valence-electron chi connectivity index (χ3n) is 4.06. The van der Waals surface area contributed by atoms with E-state index in [4.69, 9.17) is 0 Å². The average Bonchev–Trinajstić information content (AvgIpc) is 2.57. The van der Waals surface area contributed by atoms with Crippen molar-refractivity contribution in [3.05, 3.63) is 77.4 Å². The number of benzene rings is 2. The Hall–Kier alpha value is -2.33. The largest absolute Gasteiger partial charge is 0.197 e. The molecule has 2 aromatic rings. The summed E-state index contributed by atoms with van der Waals surface area (Å²) in [6, 6.07) is 22.9. The van der Waals surface area contributed by atoms with Gasteiger partial charge in [0.2, 0.25) is 0 Å². The summed E-state index contributed by atoms with van der Waals surface area (Å²) in [7, 11) is 0. The van der Waals surface area contributed by atoms with E-state index in [-0.39, 0.29) is 0 Å².